The van der Waals surface area contributed by atoms with E-state index in [1.165, 1.54) is 10.4 Å². The predicted octanol–water partition coefficient (Wildman–Crippen LogP) is 3.46. The van der Waals surface area contributed by atoms with Crippen LogP contribution < -0.4 is 0 Å². The standard InChI is InChI=1S/C21H26N2O4S/c1-15-12-19(15)20-9-8-17(27-20)14-22(2)21(24)16-6-5-7-18(13-16)28(25,26)23-10-3-4-11-23/h5-9,13,15,19H,3-4,10-12,14H2,1-2H3. The lowest BCUT2D eigenvalue weighted by atomic mass is 10.2. The minimum atomic E-state index is -3.54. The van der Waals surface area contributed by atoms with Gasteiger partial charge in [0.05, 0.1) is 11.4 Å². The molecule has 1 saturated carbocycles. The van der Waals surface area contributed by atoms with Crippen molar-refractivity contribution in [2.24, 2.45) is 5.92 Å². The quantitative estimate of drug-likeness (QED) is 0.742. The first-order valence-corrected chi connectivity index (χ1v) is 11.2. The van der Waals surface area contributed by atoms with Gasteiger partial charge in [0.15, 0.2) is 0 Å². The monoisotopic (exact) mass is 402 g/mol. The van der Waals surface area contributed by atoms with Gasteiger partial charge < -0.3 is 9.32 Å². The Labute approximate surface area is 166 Å². The zero-order valence-electron chi connectivity index (χ0n) is 16.3. The third kappa shape index (κ3) is 3.73. The van der Waals surface area contributed by atoms with E-state index in [1.807, 2.05) is 12.1 Å². The van der Waals surface area contributed by atoms with Gasteiger partial charge in [-0.2, -0.15) is 4.31 Å². The second-order valence-electron chi connectivity index (χ2n) is 7.92. The fraction of sp³-hybridized carbons (Fsp3) is 0.476. The summed E-state index contributed by atoms with van der Waals surface area (Å²) >= 11 is 0. The Morgan fingerprint density at radius 1 is 1.21 bits per heavy atom. The van der Waals surface area contributed by atoms with Crippen LogP contribution in [0.2, 0.25) is 0 Å². The lowest BCUT2D eigenvalue weighted by Crippen LogP contribution is -2.29. The predicted molar refractivity (Wildman–Crippen MR) is 105 cm³/mol. The molecule has 0 spiro atoms. The molecule has 7 heteroatoms. The summed E-state index contributed by atoms with van der Waals surface area (Å²) in [5, 5.41) is 0. The van der Waals surface area contributed by atoms with Gasteiger partial charge in [0.1, 0.15) is 11.5 Å². The number of nitrogens with zero attached hydrogens (tertiary/aromatic N) is 2. The highest BCUT2D eigenvalue weighted by Crippen LogP contribution is 2.47. The second kappa shape index (κ2) is 7.37. The van der Waals surface area contributed by atoms with E-state index in [0.29, 0.717) is 37.0 Å². The Balaban J connectivity index is 1.47. The number of carbonyl (C=O) groups is 1. The summed E-state index contributed by atoms with van der Waals surface area (Å²) in [5.74, 6) is 2.67. The molecule has 1 saturated heterocycles. The van der Waals surface area contributed by atoms with Crippen LogP contribution in [0.1, 0.15) is 54.0 Å². The van der Waals surface area contributed by atoms with E-state index >= 15 is 0 Å². The van der Waals surface area contributed by atoms with Gasteiger partial charge in [0.25, 0.3) is 5.91 Å². The smallest absolute Gasteiger partial charge is 0.254 e. The average molecular weight is 403 g/mol. The van der Waals surface area contributed by atoms with Crippen LogP contribution in [0.4, 0.5) is 0 Å². The van der Waals surface area contributed by atoms with Crippen LogP contribution in [-0.2, 0) is 16.6 Å². The average Bonchev–Trinajstić information content (AvgIpc) is 3.11. The number of furan rings is 1. The fourth-order valence-electron chi connectivity index (χ4n) is 3.79. The first kappa shape index (κ1) is 19.2. The van der Waals surface area contributed by atoms with E-state index in [9.17, 15) is 13.2 Å². The van der Waals surface area contributed by atoms with Crippen molar-refractivity contribution in [3.63, 3.8) is 0 Å². The molecule has 2 aromatic rings. The highest BCUT2D eigenvalue weighted by Gasteiger charge is 2.36. The van der Waals surface area contributed by atoms with Crippen LogP contribution in [0.3, 0.4) is 0 Å². The summed E-state index contributed by atoms with van der Waals surface area (Å²) in [6.45, 7) is 3.64. The molecule has 0 radical (unpaired) electrons. The molecule has 1 aliphatic heterocycles. The van der Waals surface area contributed by atoms with Gasteiger partial charge in [-0.25, -0.2) is 8.42 Å². The van der Waals surface area contributed by atoms with E-state index in [0.717, 1.165) is 30.8 Å². The minimum Gasteiger partial charge on any atom is -0.464 e. The largest absolute Gasteiger partial charge is 0.464 e. The molecule has 6 nitrogen and oxygen atoms in total. The molecule has 28 heavy (non-hydrogen) atoms. The fourth-order valence-corrected chi connectivity index (χ4v) is 5.35. The Hall–Kier alpha value is -2.12. The van der Waals surface area contributed by atoms with Crippen molar-refractivity contribution >= 4 is 15.9 Å². The topological polar surface area (TPSA) is 70.8 Å². The van der Waals surface area contributed by atoms with Crippen LogP contribution in [0, 0.1) is 5.92 Å². The van der Waals surface area contributed by atoms with Gasteiger partial charge in [-0.05, 0) is 55.5 Å². The van der Waals surface area contributed by atoms with Gasteiger partial charge in [-0.1, -0.05) is 13.0 Å². The van der Waals surface area contributed by atoms with E-state index in [-0.39, 0.29) is 10.8 Å². The Morgan fingerprint density at radius 3 is 2.61 bits per heavy atom. The van der Waals surface area contributed by atoms with Crippen LogP contribution in [0.15, 0.2) is 45.7 Å². The Kier molecular flexibility index (Phi) is 5.05. The molecule has 150 valence electrons. The molecule has 2 aliphatic rings. The lowest BCUT2D eigenvalue weighted by Gasteiger charge is -2.18. The van der Waals surface area contributed by atoms with Crippen molar-refractivity contribution < 1.29 is 17.6 Å². The number of rotatable bonds is 6. The number of sulfonamides is 1. The third-order valence-corrected chi connectivity index (χ3v) is 7.58. The number of benzene rings is 1. The Bertz CT molecular complexity index is 976. The highest BCUT2D eigenvalue weighted by molar-refractivity contribution is 7.89. The zero-order chi connectivity index (χ0) is 19.9. The summed E-state index contributed by atoms with van der Waals surface area (Å²) in [6, 6.07) is 10.2. The maximum atomic E-state index is 12.8. The van der Waals surface area contributed by atoms with Crippen molar-refractivity contribution in [1.82, 2.24) is 9.21 Å². The van der Waals surface area contributed by atoms with Gasteiger partial charge in [0.2, 0.25) is 10.0 Å². The summed E-state index contributed by atoms with van der Waals surface area (Å²) in [4.78, 5) is 14.6. The number of hydrogen-bond donors (Lipinski definition) is 0. The maximum Gasteiger partial charge on any atom is 0.254 e. The molecule has 2 unspecified atom stereocenters. The second-order valence-corrected chi connectivity index (χ2v) is 9.86. The van der Waals surface area contributed by atoms with Crippen LogP contribution in [-0.4, -0.2) is 43.7 Å². The van der Waals surface area contributed by atoms with Gasteiger partial charge in [-0.3, -0.25) is 4.79 Å². The lowest BCUT2D eigenvalue weighted by molar-refractivity contribution is 0.0774. The minimum absolute atomic E-state index is 0.177. The molecule has 0 N–H and O–H groups in total. The van der Waals surface area contributed by atoms with Gasteiger partial charge in [-0.15, -0.1) is 0 Å². The number of amides is 1. The van der Waals surface area contributed by atoms with E-state index in [2.05, 4.69) is 6.92 Å². The number of hydrogen-bond acceptors (Lipinski definition) is 4. The van der Waals surface area contributed by atoms with Crippen molar-refractivity contribution in [2.75, 3.05) is 20.1 Å². The van der Waals surface area contributed by atoms with Crippen molar-refractivity contribution in [3.8, 4) is 0 Å². The summed E-state index contributed by atoms with van der Waals surface area (Å²) in [5.41, 5.74) is 0.366. The van der Waals surface area contributed by atoms with E-state index < -0.39 is 10.0 Å². The molecule has 0 bridgehead atoms. The molecule has 1 aromatic carbocycles. The van der Waals surface area contributed by atoms with Crippen molar-refractivity contribution in [1.29, 1.82) is 0 Å². The molecule has 2 heterocycles. The summed E-state index contributed by atoms with van der Waals surface area (Å²) < 4.78 is 32.9. The zero-order valence-corrected chi connectivity index (χ0v) is 17.1. The maximum absolute atomic E-state index is 12.8. The van der Waals surface area contributed by atoms with Crippen molar-refractivity contribution in [2.45, 2.75) is 43.5 Å². The molecule has 2 fully saturated rings. The van der Waals surface area contributed by atoms with Crippen molar-refractivity contribution in [3.05, 3.63) is 53.5 Å². The number of carbonyl (C=O) groups excluding carboxylic acids is 1. The van der Waals surface area contributed by atoms with Gasteiger partial charge in [0, 0.05) is 31.6 Å². The molecular weight excluding hydrogens is 376 g/mol. The van der Waals surface area contributed by atoms with E-state index in [4.69, 9.17) is 4.42 Å². The van der Waals surface area contributed by atoms with Crippen LogP contribution in [0.5, 0.6) is 0 Å². The molecular formula is C21H26N2O4S. The molecule has 4 rings (SSSR count). The third-order valence-electron chi connectivity index (χ3n) is 5.68. The Morgan fingerprint density at radius 2 is 1.93 bits per heavy atom. The molecule has 1 aromatic heterocycles. The first-order valence-electron chi connectivity index (χ1n) is 9.80. The molecule has 1 aliphatic carbocycles. The van der Waals surface area contributed by atoms with Gasteiger partial charge >= 0.3 is 0 Å². The summed E-state index contributed by atoms with van der Waals surface area (Å²) in [6.07, 6.45) is 2.91. The normalized spacial score (nSPS) is 22.4. The SMILES string of the molecule is CC1CC1c1ccc(CN(C)C(=O)c2cccc(S(=O)(=O)N3CCCC3)c2)o1. The van der Waals surface area contributed by atoms with E-state index in [1.54, 1.807) is 30.1 Å². The molecule has 2 atom stereocenters. The molecule has 1 amide bonds. The summed E-state index contributed by atoms with van der Waals surface area (Å²) in [7, 11) is -1.84. The van der Waals surface area contributed by atoms with Crippen LogP contribution in [0.25, 0.3) is 0 Å². The van der Waals surface area contributed by atoms with Crippen LogP contribution >= 0.6 is 0 Å². The first-order chi connectivity index (χ1) is 13.4. The highest BCUT2D eigenvalue weighted by atomic mass is 32.2.